The van der Waals surface area contributed by atoms with Gasteiger partial charge in [0.2, 0.25) is 0 Å². The molecule has 1 aromatic carbocycles. The molecule has 2 aliphatic rings. The molecular weight excluding hydrogens is 326 g/mol. The number of benzene rings is 1. The number of hydrogen-bond donors (Lipinski definition) is 1. The SMILES string of the molecule is CC1CCCC(CNC2CC2)(OCc2cccc(Br)c2)C1. The predicted molar refractivity (Wildman–Crippen MR) is 90.3 cm³/mol. The maximum atomic E-state index is 6.48. The maximum Gasteiger partial charge on any atom is 0.0813 e. The maximum absolute atomic E-state index is 6.48. The first kappa shape index (κ1) is 15.5. The molecule has 116 valence electrons. The van der Waals surface area contributed by atoms with Crippen LogP contribution in [0.15, 0.2) is 28.7 Å². The van der Waals surface area contributed by atoms with Crippen molar-refractivity contribution >= 4 is 15.9 Å². The molecule has 0 saturated heterocycles. The van der Waals surface area contributed by atoms with E-state index >= 15 is 0 Å². The molecule has 2 nitrogen and oxygen atoms in total. The fourth-order valence-corrected chi connectivity index (χ4v) is 3.88. The van der Waals surface area contributed by atoms with E-state index in [-0.39, 0.29) is 5.60 Å². The first-order valence-electron chi connectivity index (χ1n) is 8.27. The summed E-state index contributed by atoms with van der Waals surface area (Å²) < 4.78 is 7.61. The molecule has 2 fully saturated rings. The van der Waals surface area contributed by atoms with E-state index in [0.717, 1.165) is 29.6 Å². The summed E-state index contributed by atoms with van der Waals surface area (Å²) in [4.78, 5) is 0. The van der Waals surface area contributed by atoms with Crippen LogP contribution in [-0.4, -0.2) is 18.2 Å². The van der Waals surface area contributed by atoms with E-state index in [1.54, 1.807) is 0 Å². The van der Waals surface area contributed by atoms with Gasteiger partial charge < -0.3 is 10.1 Å². The van der Waals surface area contributed by atoms with E-state index in [4.69, 9.17) is 4.74 Å². The molecule has 2 saturated carbocycles. The van der Waals surface area contributed by atoms with Gasteiger partial charge >= 0.3 is 0 Å². The van der Waals surface area contributed by atoms with Crippen molar-refractivity contribution in [3.05, 3.63) is 34.3 Å². The van der Waals surface area contributed by atoms with Crippen molar-refractivity contribution in [3.63, 3.8) is 0 Å². The molecular formula is C18H26BrNO. The molecule has 2 aliphatic carbocycles. The van der Waals surface area contributed by atoms with Gasteiger partial charge in [0.25, 0.3) is 0 Å². The van der Waals surface area contributed by atoms with Gasteiger partial charge in [0, 0.05) is 17.1 Å². The van der Waals surface area contributed by atoms with Gasteiger partial charge in [0.15, 0.2) is 0 Å². The Bertz CT molecular complexity index is 474. The number of halogens is 1. The second kappa shape index (κ2) is 6.80. The molecule has 3 heteroatoms. The van der Waals surface area contributed by atoms with E-state index in [9.17, 15) is 0 Å². The zero-order valence-corrected chi connectivity index (χ0v) is 14.5. The van der Waals surface area contributed by atoms with E-state index < -0.39 is 0 Å². The lowest BCUT2D eigenvalue weighted by Gasteiger charge is -2.40. The Morgan fingerprint density at radius 1 is 1.33 bits per heavy atom. The summed E-state index contributed by atoms with van der Waals surface area (Å²) in [6.07, 6.45) is 7.73. The molecule has 1 N–H and O–H groups in total. The first-order chi connectivity index (χ1) is 10.2. The number of ether oxygens (including phenoxy) is 1. The third-order valence-corrected chi connectivity index (χ3v) is 5.27. The van der Waals surface area contributed by atoms with Crippen molar-refractivity contribution in [3.8, 4) is 0 Å². The molecule has 0 bridgehead atoms. The summed E-state index contributed by atoms with van der Waals surface area (Å²) >= 11 is 3.54. The molecule has 0 spiro atoms. The Kier molecular flexibility index (Phi) is 5.03. The summed E-state index contributed by atoms with van der Waals surface area (Å²) in [5, 5.41) is 3.70. The monoisotopic (exact) mass is 351 g/mol. The molecule has 21 heavy (non-hydrogen) atoms. The number of hydrogen-bond acceptors (Lipinski definition) is 2. The lowest BCUT2D eigenvalue weighted by molar-refractivity contribution is -0.0891. The van der Waals surface area contributed by atoms with E-state index in [2.05, 4.69) is 52.4 Å². The van der Waals surface area contributed by atoms with E-state index in [0.29, 0.717) is 0 Å². The van der Waals surface area contributed by atoms with E-state index in [1.165, 1.54) is 44.1 Å². The van der Waals surface area contributed by atoms with Crippen LogP contribution in [0, 0.1) is 5.92 Å². The third kappa shape index (κ3) is 4.54. The van der Waals surface area contributed by atoms with Crippen molar-refractivity contribution < 1.29 is 4.74 Å². The fraction of sp³-hybridized carbons (Fsp3) is 0.667. The quantitative estimate of drug-likeness (QED) is 0.804. The van der Waals surface area contributed by atoms with Gasteiger partial charge in [0.05, 0.1) is 12.2 Å². The highest BCUT2D eigenvalue weighted by Gasteiger charge is 2.37. The van der Waals surface area contributed by atoms with Gasteiger partial charge in [-0.05, 0) is 49.3 Å². The molecule has 0 amide bonds. The van der Waals surface area contributed by atoms with Crippen LogP contribution in [0.3, 0.4) is 0 Å². The third-order valence-electron chi connectivity index (χ3n) is 4.77. The molecule has 3 rings (SSSR count). The minimum absolute atomic E-state index is 0.0442. The number of rotatable bonds is 6. The highest BCUT2D eigenvalue weighted by atomic mass is 79.9. The molecule has 0 heterocycles. The molecule has 0 aliphatic heterocycles. The van der Waals surface area contributed by atoms with E-state index in [1.807, 2.05) is 0 Å². The van der Waals surface area contributed by atoms with Gasteiger partial charge in [-0.2, -0.15) is 0 Å². The Morgan fingerprint density at radius 3 is 2.90 bits per heavy atom. The smallest absolute Gasteiger partial charge is 0.0813 e. The fourth-order valence-electron chi connectivity index (χ4n) is 3.44. The van der Waals surface area contributed by atoms with Crippen LogP contribution in [0.5, 0.6) is 0 Å². The van der Waals surface area contributed by atoms with Crippen LogP contribution in [-0.2, 0) is 11.3 Å². The normalized spacial score (nSPS) is 29.5. The second-order valence-electron chi connectivity index (χ2n) is 6.96. The van der Waals surface area contributed by atoms with Gasteiger partial charge in [-0.3, -0.25) is 0 Å². The Balaban J connectivity index is 1.63. The summed E-state index contributed by atoms with van der Waals surface area (Å²) in [5.41, 5.74) is 1.30. The predicted octanol–water partition coefficient (Wildman–Crippen LogP) is 4.67. The average molecular weight is 352 g/mol. The molecule has 1 aromatic rings. The highest BCUT2D eigenvalue weighted by Crippen LogP contribution is 2.36. The van der Waals surface area contributed by atoms with Gasteiger partial charge in [-0.15, -0.1) is 0 Å². The second-order valence-corrected chi connectivity index (χ2v) is 7.87. The molecule has 0 radical (unpaired) electrons. The summed E-state index contributed by atoms with van der Waals surface area (Å²) in [6, 6.07) is 9.22. The van der Waals surface area contributed by atoms with Crippen LogP contribution in [0.2, 0.25) is 0 Å². The lowest BCUT2D eigenvalue weighted by atomic mass is 9.78. The van der Waals surface area contributed by atoms with Gasteiger partial charge in [-0.25, -0.2) is 0 Å². The van der Waals surface area contributed by atoms with Crippen molar-refractivity contribution in [2.75, 3.05) is 6.54 Å². The van der Waals surface area contributed by atoms with Crippen LogP contribution >= 0.6 is 15.9 Å². The average Bonchev–Trinajstić information content (AvgIpc) is 3.28. The molecule has 0 aromatic heterocycles. The minimum atomic E-state index is 0.0442. The Labute approximate surface area is 136 Å². The van der Waals surface area contributed by atoms with Gasteiger partial charge in [-0.1, -0.05) is 47.8 Å². The summed E-state index contributed by atoms with van der Waals surface area (Å²) in [5.74, 6) is 0.780. The molecule has 2 unspecified atom stereocenters. The molecule has 2 atom stereocenters. The Morgan fingerprint density at radius 2 is 2.19 bits per heavy atom. The summed E-state index contributed by atoms with van der Waals surface area (Å²) in [6.45, 7) is 4.11. The largest absolute Gasteiger partial charge is 0.369 e. The summed E-state index contributed by atoms with van der Waals surface area (Å²) in [7, 11) is 0. The Hall–Kier alpha value is -0.380. The van der Waals surface area contributed by atoms with Crippen LogP contribution in [0.4, 0.5) is 0 Å². The van der Waals surface area contributed by atoms with Crippen LogP contribution in [0.1, 0.15) is 51.0 Å². The van der Waals surface area contributed by atoms with Crippen molar-refractivity contribution in [1.82, 2.24) is 5.32 Å². The van der Waals surface area contributed by atoms with Crippen molar-refractivity contribution in [1.29, 1.82) is 0 Å². The highest BCUT2D eigenvalue weighted by molar-refractivity contribution is 9.10. The standard InChI is InChI=1S/C18H26BrNO/c1-14-4-3-9-18(11-14,13-20-17-7-8-17)21-12-15-5-2-6-16(19)10-15/h2,5-6,10,14,17,20H,3-4,7-9,11-13H2,1H3. The zero-order chi connectivity index (χ0) is 14.7. The lowest BCUT2D eigenvalue weighted by Crippen LogP contribution is -2.46. The zero-order valence-electron chi connectivity index (χ0n) is 12.9. The van der Waals surface area contributed by atoms with Crippen molar-refractivity contribution in [2.45, 2.75) is 63.7 Å². The minimum Gasteiger partial charge on any atom is -0.369 e. The van der Waals surface area contributed by atoms with Crippen LogP contribution < -0.4 is 5.32 Å². The van der Waals surface area contributed by atoms with Crippen LogP contribution in [0.25, 0.3) is 0 Å². The first-order valence-corrected chi connectivity index (χ1v) is 9.06. The topological polar surface area (TPSA) is 21.3 Å². The number of nitrogens with one attached hydrogen (secondary N) is 1. The van der Waals surface area contributed by atoms with Crippen molar-refractivity contribution in [2.24, 2.45) is 5.92 Å². The van der Waals surface area contributed by atoms with Gasteiger partial charge in [0.1, 0.15) is 0 Å².